The molecule has 10 heteroatoms. The van der Waals surface area contributed by atoms with Gasteiger partial charge in [0, 0.05) is 10.8 Å². The number of primary amides is 1. The summed E-state index contributed by atoms with van der Waals surface area (Å²) in [7, 11) is 0. The zero-order valence-corrected chi connectivity index (χ0v) is 18.1. The van der Waals surface area contributed by atoms with Crippen molar-refractivity contribution in [1.82, 2.24) is 10.2 Å². The van der Waals surface area contributed by atoms with Crippen molar-refractivity contribution in [3.8, 4) is 0 Å². The van der Waals surface area contributed by atoms with Crippen molar-refractivity contribution in [3.05, 3.63) is 53.2 Å². The molecule has 3 atom stereocenters. The van der Waals surface area contributed by atoms with Gasteiger partial charge in [-0.25, -0.2) is 4.79 Å². The number of amides is 3. The largest absolute Gasteiger partial charge is 0.477 e. The van der Waals surface area contributed by atoms with Crippen molar-refractivity contribution in [2.24, 2.45) is 11.7 Å². The van der Waals surface area contributed by atoms with Crippen LogP contribution in [0.1, 0.15) is 29.3 Å². The van der Waals surface area contributed by atoms with E-state index < -0.39 is 41.8 Å². The number of hydrogen-bond donors (Lipinski definition) is 4. The minimum Gasteiger partial charge on any atom is -0.477 e. The number of nitrogens with zero attached hydrogens (tertiary/aromatic N) is 1. The molecule has 0 aliphatic carbocycles. The van der Waals surface area contributed by atoms with E-state index in [9.17, 15) is 29.4 Å². The number of β-lactam (4-membered cyclic amide) rings is 1. The van der Waals surface area contributed by atoms with Crippen molar-refractivity contribution < 1.29 is 33.8 Å². The molecule has 2 aliphatic rings. The van der Waals surface area contributed by atoms with Gasteiger partial charge in [0.15, 0.2) is 0 Å². The molecule has 2 aromatic carbocycles. The van der Waals surface area contributed by atoms with E-state index >= 15 is 0 Å². The lowest BCUT2D eigenvalue weighted by molar-refractivity contribution is -0.161. The van der Waals surface area contributed by atoms with Gasteiger partial charge in [0.2, 0.25) is 11.8 Å². The molecule has 10 nitrogen and oxygen atoms in total. The van der Waals surface area contributed by atoms with Crippen LogP contribution in [-0.4, -0.2) is 57.5 Å². The van der Waals surface area contributed by atoms with Gasteiger partial charge in [0.05, 0.1) is 30.2 Å². The number of carboxylic acid groups (broad SMARTS) is 1. The lowest BCUT2D eigenvalue weighted by Crippen LogP contribution is -2.61. The zero-order valence-electron chi connectivity index (χ0n) is 18.1. The van der Waals surface area contributed by atoms with Crippen molar-refractivity contribution in [1.29, 1.82) is 0 Å². The van der Waals surface area contributed by atoms with Crippen LogP contribution in [0, 0.1) is 5.92 Å². The molecule has 0 radical (unpaired) electrons. The van der Waals surface area contributed by atoms with Gasteiger partial charge >= 0.3 is 5.97 Å². The summed E-state index contributed by atoms with van der Waals surface area (Å²) >= 11 is 0. The number of rotatable bonds is 6. The second kappa shape index (κ2) is 7.70. The molecule has 3 heterocycles. The number of hydrogen-bond acceptors (Lipinski definition) is 6. The second-order valence-corrected chi connectivity index (χ2v) is 8.53. The van der Waals surface area contributed by atoms with E-state index in [4.69, 9.17) is 10.2 Å². The molecule has 0 spiro atoms. The van der Waals surface area contributed by atoms with Gasteiger partial charge in [0.25, 0.3) is 5.91 Å². The summed E-state index contributed by atoms with van der Waals surface area (Å²) in [5, 5.41) is 23.7. The SMILES string of the molecule is C[C@@H](O)[C@H]1C(=O)N2C(C(=O)O)=C(c3cc(C(=O)NCC(N)=O)c4oc5ccccc5c4c3)C[C@H]12. The molecule has 3 aromatic rings. The predicted octanol–water partition coefficient (Wildman–Crippen LogP) is 1.21. The lowest BCUT2D eigenvalue weighted by atomic mass is 9.82. The summed E-state index contributed by atoms with van der Waals surface area (Å²) in [5.74, 6) is -3.73. The maximum Gasteiger partial charge on any atom is 0.352 e. The van der Waals surface area contributed by atoms with Crippen LogP contribution in [0.2, 0.25) is 0 Å². The number of carboxylic acids is 1. The Balaban J connectivity index is 1.70. The monoisotopic (exact) mass is 463 g/mol. The van der Waals surface area contributed by atoms with Gasteiger partial charge in [0.1, 0.15) is 16.9 Å². The minimum atomic E-state index is -1.27. The Morgan fingerprint density at radius 2 is 1.97 bits per heavy atom. The molecule has 1 saturated heterocycles. The number of furan rings is 1. The van der Waals surface area contributed by atoms with E-state index in [0.29, 0.717) is 22.1 Å². The Morgan fingerprint density at radius 1 is 1.24 bits per heavy atom. The molecule has 0 bridgehead atoms. The molecule has 2 aliphatic heterocycles. The summed E-state index contributed by atoms with van der Waals surface area (Å²) in [6.07, 6.45) is -0.703. The fourth-order valence-electron chi connectivity index (χ4n) is 4.96. The van der Waals surface area contributed by atoms with Crippen LogP contribution in [-0.2, 0) is 14.4 Å². The highest BCUT2D eigenvalue weighted by Gasteiger charge is 2.56. The number of aliphatic carboxylic acids is 1. The molecule has 174 valence electrons. The first kappa shape index (κ1) is 21.7. The number of nitrogens with two attached hydrogens (primary N) is 1. The van der Waals surface area contributed by atoms with E-state index in [-0.39, 0.29) is 29.8 Å². The van der Waals surface area contributed by atoms with Crippen molar-refractivity contribution in [2.45, 2.75) is 25.5 Å². The molecule has 3 amide bonds. The van der Waals surface area contributed by atoms with Crippen LogP contribution < -0.4 is 11.1 Å². The standard InChI is InChI=1S/C24H21N3O7/c1-10(28)19-16-8-13(20(24(32)33)27(16)23(19)31)11-6-14-12-4-2-3-5-17(12)34-21(14)15(7-11)22(30)26-9-18(25)29/h2-7,10,16,19,28H,8-9H2,1H3,(H2,25,29)(H,26,30)(H,32,33)/t10-,16-,19-/m1/s1. The number of para-hydroxylation sites is 1. The van der Waals surface area contributed by atoms with E-state index in [1.807, 2.05) is 12.1 Å². The molecule has 5 rings (SSSR count). The average Bonchev–Trinajstić information content (AvgIpc) is 3.32. The van der Waals surface area contributed by atoms with Crippen LogP contribution >= 0.6 is 0 Å². The van der Waals surface area contributed by atoms with Crippen molar-refractivity contribution in [2.75, 3.05) is 6.54 Å². The number of benzene rings is 2. The van der Waals surface area contributed by atoms with Gasteiger partial charge in [-0.2, -0.15) is 0 Å². The minimum absolute atomic E-state index is 0.106. The molecular formula is C24H21N3O7. The third kappa shape index (κ3) is 3.14. The molecular weight excluding hydrogens is 442 g/mol. The molecule has 5 N–H and O–H groups in total. The Bertz CT molecular complexity index is 1440. The van der Waals surface area contributed by atoms with E-state index in [1.54, 1.807) is 18.2 Å². The number of aliphatic hydroxyl groups excluding tert-OH is 1. The number of fused-ring (bicyclic) bond motifs is 4. The van der Waals surface area contributed by atoms with Crippen LogP contribution in [0.15, 0.2) is 46.5 Å². The highest BCUT2D eigenvalue weighted by molar-refractivity contribution is 6.15. The maximum atomic E-state index is 12.9. The van der Waals surface area contributed by atoms with Gasteiger partial charge in [-0.05, 0) is 42.7 Å². The average molecular weight is 463 g/mol. The Labute approximate surface area is 192 Å². The third-order valence-electron chi connectivity index (χ3n) is 6.43. The Hall–Kier alpha value is -4.18. The van der Waals surface area contributed by atoms with E-state index in [0.717, 1.165) is 5.39 Å². The summed E-state index contributed by atoms with van der Waals surface area (Å²) in [6, 6.07) is 9.91. The van der Waals surface area contributed by atoms with Crippen LogP contribution in [0.25, 0.3) is 27.5 Å². The highest BCUT2D eigenvalue weighted by Crippen LogP contribution is 2.48. The van der Waals surface area contributed by atoms with Gasteiger partial charge in [-0.3, -0.25) is 14.4 Å². The number of aliphatic hydroxyl groups is 1. The molecule has 34 heavy (non-hydrogen) atoms. The topological polar surface area (TPSA) is 163 Å². The Kier molecular flexibility index (Phi) is 4.90. The smallest absolute Gasteiger partial charge is 0.352 e. The van der Waals surface area contributed by atoms with Gasteiger partial charge < -0.3 is 30.6 Å². The van der Waals surface area contributed by atoms with Gasteiger partial charge in [-0.1, -0.05) is 18.2 Å². The maximum absolute atomic E-state index is 12.9. The van der Waals surface area contributed by atoms with Crippen LogP contribution in [0.5, 0.6) is 0 Å². The fraction of sp³-hybridized carbons (Fsp3) is 0.250. The first-order valence-corrected chi connectivity index (χ1v) is 10.7. The quantitative estimate of drug-likeness (QED) is 0.399. The molecule has 1 aromatic heterocycles. The Morgan fingerprint density at radius 3 is 2.65 bits per heavy atom. The van der Waals surface area contributed by atoms with Crippen molar-refractivity contribution in [3.63, 3.8) is 0 Å². The lowest BCUT2D eigenvalue weighted by Gasteiger charge is -2.44. The normalized spacial score (nSPS) is 20.4. The van der Waals surface area contributed by atoms with Gasteiger partial charge in [-0.15, -0.1) is 0 Å². The molecule has 0 unspecified atom stereocenters. The number of carbonyl (C=O) groups excluding carboxylic acids is 3. The fourth-order valence-corrected chi connectivity index (χ4v) is 4.96. The summed E-state index contributed by atoms with van der Waals surface area (Å²) < 4.78 is 5.92. The number of nitrogens with one attached hydrogen (secondary N) is 1. The second-order valence-electron chi connectivity index (χ2n) is 8.53. The predicted molar refractivity (Wildman–Crippen MR) is 120 cm³/mol. The van der Waals surface area contributed by atoms with E-state index in [1.165, 1.54) is 17.9 Å². The summed E-state index contributed by atoms with van der Waals surface area (Å²) in [4.78, 5) is 50.1. The van der Waals surface area contributed by atoms with Crippen LogP contribution in [0.4, 0.5) is 0 Å². The number of carbonyl (C=O) groups is 4. The van der Waals surface area contributed by atoms with Crippen molar-refractivity contribution >= 4 is 51.2 Å². The summed E-state index contributed by atoms with van der Waals surface area (Å²) in [5.41, 5.74) is 6.73. The first-order valence-electron chi connectivity index (χ1n) is 10.7. The van der Waals surface area contributed by atoms with Crippen LogP contribution in [0.3, 0.4) is 0 Å². The summed E-state index contributed by atoms with van der Waals surface area (Å²) in [6.45, 7) is 1.12. The zero-order chi connectivity index (χ0) is 24.3. The third-order valence-corrected chi connectivity index (χ3v) is 6.43. The molecule has 0 saturated carbocycles. The van der Waals surface area contributed by atoms with E-state index in [2.05, 4.69) is 5.32 Å². The highest BCUT2D eigenvalue weighted by atomic mass is 16.4. The first-order chi connectivity index (χ1) is 16.2. The molecule has 1 fully saturated rings.